The molecule has 1 aliphatic rings. The zero-order chi connectivity index (χ0) is 10.8. The molecule has 82 valence electrons. The van der Waals surface area contributed by atoms with E-state index in [0.717, 1.165) is 18.5 Å². The minimum absolute atomic E-state index is 0.0300. The molecule has 0 aromatic carbocycles. The lowest BCUT2D eigenvalue weighted by Gasteiger charge is -2.15. The molecule has 1 aliphatic carbocycles. The molecular formula is C10H14BrN3O. The van der Waals surface area contributed by atoms with Gasteiger partial charge in [-0.1, -0.05) is 22.4 Å². The van der Waals surface area contributed by atoms with Crippen molar-refractivity contribution < 1.29 is 4.79 Å². The van der Waals surface area contributed by atoms with Crippen molar-refractivity contribution in [2.45, 2.75) is 37.1 Å². The maximum Gasteiger partial charge on any atom is 0.254 e. The summed E-state index contributed by atoms with van der Waals surface area (Å²) in [7, 11) is 0. The predicted octanol–water partition coefficient (Wildman–Crippen LogP) is 1.76. The number of carbonyl (C=O) groups excluding carboxylic acids is 1. The van der Waals surface area contributed by atoms with E-state index in [4.69, 9.17) is 0 Å². The Kier molecular flexibility index (Phi) is 3.09. The van der Waals surface area contributed by atoms with Gasteiger partial charge in [-0.3, -0.25) is 9.89 Å². The molecule has 1 saturated carbocycles. The minimum atomic E-state index is -0.0300. The Morgan fingerprint density at radius 1 is 1.67 bits per heavy atom. The fourth-order valence-corrected chi connectivity index (χ4v) is 2.62. The number of nitrogens with zero attached hydrogens (tertiary/aromatic N) is 1. The van der Waals surface area contributed by atoms with Crippen LogP contribution in [0, 0.1) is 6.92 Å². The van der Waals surface area contributed by atoms with Crippen LogP contribution in [0.25, 0.3) is 0 Å². The Morgan fingerprint density at radius 3 is 3.00 bits per heavy atom. The zero-order valence-corrected chi connectivity index (χ0v) is 10.2. The van der Waals surface area contributed by atoms with Gasteiger partial charge in [0.25, 0.3) is 5.91 Å². The summed E-state index contributed by atoms with van der Waals surface area (Å²) in [5.41, 5.74) is 1.46. The Balaban J connectivity index is 2.01. The third-order valence-electron chi connectivity index (χ3n) is 2.82. The first-order valence-corrected chi connectivity index (χ1v) is 6.05. The van der Waals surface area contributed by atoms with Gasteiger partial charge in [-0.25, -0.2) is 0 Å². The van der Waals surface area contributed by atoms with Crippen LogP contribution < -0.4 is 5.32 Å². The number of hydrogen-bond acceptors (Lipinski definition) is 2. The maximum atomic E-state index is 11.8. The standard InChI is InChI=1S/C10H14BrN3O/c1-6-7(5-12-14-6)10(15)13-9-4-2-3-8(9)11/h5,8-9H,2-4H2,1H3,(H,12,14)(H,13,15). The number of carbonyl (C=O) groups is 1. The van der Waals surface area contributed by atoms with E-state index in [-0.39, 0.29) is 11.9 Å². The van der Waals surface area contributed by atoms with E-state index in [2.05, 4.69) is 31.4 Å². The second kappa shape index (κ2) is 4.35. The molecule has 2 unspecified atom stereocenters. The monoisotopic (exact) mass is 271 g/mol. The van der Waals surface area contributed by atoms with Gasteiger partial charge in [0.1, 0.15) is 0 Å². The van der Waals surface area contributed by atoms with Crippen molar-refractivity contribution in [3.63, 3.8) is 0 Å². The molecule has 0 saturated heterocycles. The van der Waals surface area contributed by atoms with Crippen molar-refractivity contribution >= 4 is 21.8 Å². The second-order valence-corrected chi connectivity index (χ2v) is 5.11. The van der Waals surface area contributed by atoms with Crippen LogP contribution in [0.15, 0.2) is 6.20 Å². The Bertz CT molecular complexity index is 363. The van der Waals surface area contributed by atoms with Crippen LogP contribution in [0.5, 0.6) is 0 Å². The quantitative estimate of drug-likeness (QED) is 0.806. The third kappa shape index (κ3) is 2.22. The highest BCUT2D eigenvalue weighted by Gasteiger charge is 2.27. The molecule has 2 atom stereocenters. The molecule has 1 amide bonds. The van der Waals surface area contributed by atoms with Gasteiger partial charge in [-0.15, -0.1) is 0 Å². The lowest BCUT2D eigenvalue weighted by molar-refractivity contribution is 0.0938. The lowest BCUT2D eigenvalue weighted by atomic mass is 10.2. The molecule has 4 nitrogen and oxygen atoms in total. The van der Waals surface area contributed by atoms with E-state index >= 15 is 0 Å². The summed E-state index contributed by atoms with van der Waals surface area (Å²) in [6.45, 7) is 1.85. The smallest absolute Gasteiger partial charge is 0.254 e. The van der Waals surface area contributed by atoms with Gasteiger partial charge in [0.2, 0.25) is 0 Å². The largest absolute Gasteiger partial charge is 0.348 e. The molecular weight excluding hydrogens is 258 g/mol. The predicted molar refractivity (Wildman–Crippen MR) is 61.1 cm³/mol. The van der Waals surface area contributed by atoms with E-state index in [9.17, 15) is 4.79 Å². The van der Waals surface area contributed by atoms with Crippen LogP contribution in [0.2, 0.25) is 0 Å². The highest BCUT2D eigenvalue weighted by molar-refractivity contribution is 9.09. The SMILES string of the molecule is Cc1[nH]ncc1C(=O)NC1CCCC1Br. The summed E-state index contributed by atoms with van der Waals surface area (Å²) < 4.78 is 0. The van der Waals surface area contributed by atoms with Crippen molar-refractivity contribution in [1.29, 1.82) is 0 Å². The molecule has 15 heavy (non-hydrogen) atoms. The summed E-state index contributed by atoms with van der Waals surface area (Å²) in [4.78, 5) is 12.2. The van der Waals surface area contributed by atoms with E-state index in [0.29, 0.717) is 10.4 Å². The van der Waals surface area contributed by atoms with Crippen LogP contribution in [0.4, 0.5) is 0 Å². The number of hydrogen-bond donors (Lipinski definition) is 2. The van der Waals surface area contributed by atoms with Gasteiger partial charge in [0, 0.05) is 16.6 Å². The highest BCUT2D eigenvalue weighted by atomic mass is 79.9. The topological polar surface area (TPSA) is 57.8 Å². The van der Waals surface area contributed by atoms with Gasteiger partial charge < -0.3 is 5.32 Å². The molecule has 1 aromatic heterocycles. The summed E-state index contributed by atoms with van der Waals surface area (Å²) in [6.07, 6.45) is 4.93. The van der Waals surface area contributed by atoms with Gasteiger partial charge in [0.15, 0.2) is 0 Å². The van der Waals surface area contributed by atoms with Crippen LogP contribution >= 0.6 is 15.9 Å². The summed E-state index contributed by atoms with van der Waals surface area (Å²) >= 11 is 3.58. The number of aromatic nitrogens is 2. The van der Waals surface area contributed by atoms with E-state index in [1.54, 1.807) is 6.20 Å². The first kappa shape index (κ1) is 10.7. The molecule has 0 bridgehead atoms. The average molecular weight is 272 g/mol. The molecule has 0 aliphatic heterocycles. The van der Waals surface area contributed by atoms with Gasteiger partial charge in [0.05, 0.1) is 11.8 Å². The van der Waals surface area contributed by atoms with Crippen molar-refractivity contribution in [3.8, 4) is 0 Å². The lowest BCUT2D eigenvalue weighted by Crippen LogP contribution is -2.37. The summed E-state index contributed by atoms with van der Waals surface area (Å²) in [6, 6.07) is 0.256. The van der Waals surface area contributed by atoms with Crippen LogP contribution in [-0.4, -0.2) is 27.0 Å². The Labute approximate surface area is 97.0 Å². The number of halogens is 1. The third-order valence-corrected chi connectivity index (χ3v) is 3.92. The summed E-state index contributed by atoms with van der Waals surface area (Å²) in [5, 5.41) is 9.63. The second-order valence-electron chi connectivity index (χ2n) is 3.94. The van der Waals surface area contributed by atoms with Crippen molar-refractivity contribution in [3.05, 3.63) is 17.5 Å². The molecule has 1 aromatic rings. The number of aryl methyl sites for hydroxylation is 1. The number of alkyl halides is 1. The fraction of sp³-hybridized carbons (Fsp3) is 0.600. The maximum absolute atomic E-state index is 11.8. The van der Waals surface area contributed by atoms with Crippen molar-refractivity contribution in [1.82, 2.24) is 15.5 Å². The van der Waals surface area contributed by atoms with Gasteiger partial charge in [-0.05, 0) is 19.8 Å². The Morgan fingerprint density at radius 2 is 2.47 bits per heavy atom. The molecule has 1 fully saturated rings. The van der Waals surface area contributed by atoms with Crippen molar-refractivity contribution in [2.75, 3.05) is 0 Å². The first-order chi connectivity index (χ1) is 7.18. The van der Waals surface area contributed by atoms with Crippen LogP contribution in [0.1, 0.15) is 35.3 Å². The van der Waals surface area contributed by atoms with E-state index in [1.807, 2.05) is 6.92 Å². The number of H-pyrrole nitrogens is 1. The van der Waals surface area contributed by atoms with E-state index < -0.39 is 0 Å². The zero-order valence-electron chi connectivity index (χ0n) is 8.59. The number of amides is 1. The highest BCUT2D eigenvalue weighted by Crippen LogP contribution is 2.25. The molecule has 5 heteroatoms. The molecule has 0 spiro atoms. The first-order valence-electron chi connectivity index (χ1n) is 5.13. The number of aromatic amines is 1. The van der Waals surface area contributed by atoms with Gasteiger partial charge >= 0.3 is 0 Å². The van der Waals surface area contributed by atoms with Gasteiger partial charge in [-0.2, -0.15) is 5.10 Å². The van der Waals surface area contributed by atoms with E-state index in [1.165, 1.54) is 6.42 Å². The van der Waals surface area contributed by atoms with Crippen LogP contribution in [-0.2, 0) is 0 Å². The molecule has 1 heterocycles. The van der Waals surface area contributed by atoms with Crippen LogP contribution in [0.3, 0.4) is 0 Å². The molecule has 2 N–H and O–H groups in total. The summed E-state index contributed by atoms with van der Waals surface area (Å²) in [5.74, 6) is -0.0300. The Hall–Kier alpha value is -0.840. The average Bonchev–Trinajstić information content (AvgIpc) is 2.76. The minimum Gasteiger partial charge on any atom is -0.348 e. The molecule has 0 radical (unpaired) electrons. The fourth-order valence-electron chi connectivity index (χ4n) is 1.90. The van der Waals surface area contributed by atoms with Crippen molar-refractivity contribution in [2.24, 2.45) is 0 Å². The number of nitrogens with one attached hydrogen (secondary N) is 2. The number of rotatable bonds is 2. The normalized spacial score (nSPS) is 25.5. The molecule has 2 rings (SSSR count).